The molecule has 0 amide bonds. The fraction of sp³-hybridized carbons (Fsp3) is 0.231. The fourth-order valence-electron chi connectivity index (χ4n) is 2.09. The van der Waals surface area contributed by atoms with Crippen LogP contribution in [-0.2, 0) is 6.54 Å². The third-order valence-electron chi connectivity index (χ3n) is 3.02. The van der Waals surface area contributed by atoms with Crippen molar-refractivity contribution < 1.29 is 5.11 Å². The van der Waals surface area contributed by atoms with Crippen LogP contribution in [0.25, 0.3) is 10.9 Å². The standard InChI is InChI=1S/C13H15N3O2/c1-3-16-10-7-5-4-6-9(10)12(17)11(13(16)18)8(2)15-14/h4-7,17H,3,14H2,1-2H3/b15-8+. The number of nitrogens with zero attached hydrogens (tertiary/aromatic N) is 2. The van der Waals surface area contributed by atoms with Gasteiger partial charge in [0.25, 0.3) is 5.56 Å². The van der Waals surface area contributed by atoms with Crippen LogP contribution < -0.4 is 11.4 Å². The molecule has 18 heavy (non-hydrogen) atoms. The van der Waals surface area contributed by atoms with Crippen LogP contribution >= 0.6 is 0 Å². The second-order valence-electron chi connectivity index (χ2n) is 4.00. The summed E-state index contributed by atoms with van der Waals surface area (Å²) in [6.45, 7) is 4.00. The number of aromatic hydroxyl groups is 1. The topological polar surface area (TPSA) is 80.6 Å². The Morgan fingerprint density at radius 3 is 2.72 bits per heavy atom. The van der Waals surface area contributed by atoms with Crippen LogP contribution in [0.3, 0.4) is 0 Å². The number of pyridine rings is 1. The number of rotatable bonds is 2. The third-order valence-corrected chi connectivity index (χ3v) is 3.02. The smallest absolute Gasteiger partial charge is 0.263 e. The molecule has 94 valence electrons. The van der Waals surface area contributed by atoms with E-state index in [0.717, 1.165) is 0 Å². The summed E-state index contributed by atoms with van der Waals surface area (Å²) in [6.07, 6.45) is 0. The van der Waals surface area contributed by atoms with Crippen LogP contribution in [0.2, 0.25) is 0 Å². The summed E-state index contributed by atoms with van der Waals surface area (Å²) in [4.78, 5) is 12.3. The Morgan fingerprint density at radius 2 is 2.11 bits per heavy atom. The largest absolute Gasteiger partial charge is 0.506 e. The van der Waals surface area contributed by atoms with Crippen LogP contribution in [0.15, 0.2) is 34.2 Å². The molecule has 0 saturated heterocycles. The zero-order chi connectivity index (χ0) is 13.3. The van der Waals surface area contributed by atoms with Gasteiger partial charge in [0.2, 0.25) is 0 Å². The number of hydrazone groups is 1. The first-order valence-electron chi connectivity index (χ1n) is 5.71. The Hall–Kier alpha value is -2.30. The van der Waals surface area contributed by atoms with Crippen molar-refractivity contribution in [3.05, 3.63) is 40.2 Å². The van der Waals surface area contributed by atoms with Crippen LogP contribution in [0.5, 0.6) is 5.75 Å². The highest BCUT2D eigenvalue weighted by Gasteiger charge is 2.17. The molecule has 2 rings (SSSR count). The van der Waals surface area contributed by atoms with Gasteiger partial charge in [0.05, 0.1) is 11.2 Å². The molecule has 0 unspecified atom stereocenters. The lowest BCUT2D eigenvalue weighted by Crippen LogP contribution is -2.26. The molecule has 0 fully saturated rings. The fourth-order valence-corrected chi connectivity index (χ4v) is 2.09. The molecule has 3 N–H and O–H groups in total. The van der Waals surface area contributed by atoms with Gasteiger partial charge in [-0.1, -0.05) is 12.1 Å². The number of aryl methyl sites for hydroxylation is 1. The minimum atomic E-state index is -0.277. The van der Waals surface area contributed by atoms with Crippen LogP contribution in [-0.4, -0.2) is 15.4 Å². The van der Waals surface area contributed by atoms with E-state index in [2.05, 4.69) is 5.10 Å². The average Bonchev–Trinajstić information content (AvgIpc) is 2.39. The number of nitrogens with two attached hydrogens (primary N) is 1. The van der Waals surface area contributed by atoms with Crippen LogP contribution in [0.4, 0.5) is 0 Å². The van der Waals surface area contributed by atoms with Crippen molar-refractivity contribution in [3.8, 4) is 5.75 Å². The minimum Gasteiger partial charge on any atom is -0.506 e. The van der Waals surface area contributed by atoms with Gasteiger partial charge in [-0.05, 0) is 26.0 Å². The van der Waals surface area contributed by atoms with Gasteiger partial charge in [0.15, 0.2) is 0 Å². The molecule has 0 radical (unpaired) electrons. The average molecular weight is 245 g/mol. The molecule has 1 aromatic carbocycles. The molecule has 0 bridgehead atoms. The first-order valence-corrected chi connectivity index (χ1v) is 5.71. The molecule has 1 aromatic heterocycles. The maximum absolute atomic E-state index is 12.3. The molecule has 0 atom stereocenters. The Bertz CT molecular complexity index is 686. The van der Waals surface area contributed by atoms with E-state index in [9.17, 15) is 9.90 Å². The minimum absolute atomic E-state index is 0.0630. The predicted octanol–water partition coefficient (Wildman–Crippen LogP) is 1.41. The Labute approximate surface area is 104 Å². The van der Waals surface area contributed by atoms with Gasteiger partial charge in [-0.2, -0.15) is 5.10 Å². The lowest BCUT2D eigenvalue weighted by atomic mass is 10.1. The molecule has 1 heterocycles. The van der Waals surface area contributed by atoms with Crippen molar-refractivity contribution in [1.29, 1.82) is 0 Å². The van der Waals surface area contributed by atoms with E-state index in [0.29, 0.717) is 23.2 Å². The first kappa shape index (κ1) is 12.2. The molecule has 5 nitrogen and oxygen atoms in total. The number of benzene rings is 1. The zero-order valence-corrected chi connectivity index (χ0v) is 10.3. The second kappa shape index (κ2) is 4.52. The van der Waals surface area contributed by atoms with Gasteiger partial charge >= 0.3 is 0 Å². The summed E-state index contributed by atoms with van der Waals surface area (Å²) >= 11 is 0. The van der Waals surface area contributed by atoms with Crippen molar-refractivity contribution in [2.45, 2.75) is 20.4 Å². The van der Waals surface area contributed by atoms with E-state index < -0.39 is 0 Å². The van der Waals surface area contributed by atoms with Crippen molar-refractivity contribution in [2.24, 2.45) is 10.9 Å². The lowest BCUT2D eigenvalue weighted by Gasteiger charge is -2.12. The molecular formula is C13H15N3O2. The highest BCUT2D eigenvalue weighted by Crippen LogP contribution is 2.26. The summed E-state index contributed by atoms with van der Waals surface area (Å²) in [5.74, 6) is 5.14. The number of hydrogen-bond donors (Lipinski definition) is 2. The highest BCUT2D eigenvalue weighted by molar-refractivity contribution is 6.05. The Morgan fingerprint density at radius 1 is 1.44 bits per heavy atom. The summed E-state index contributed by atoms with van der Waals surface area (Å²) < 4.78 is 1.60. The summed E-state index contributed by atoms with van der Waals surface area (Å²) in [7, 11) is 0. The molecule has 0 saturated carbocycles. The van der Waals surface area contributed by atoms with E-state index in [1.165, 1.54) is 0 Å². The number of hydrogen-bond acceptors (Lipinski definition) is 4. The molecular weight excluding hydrogens is 230 g/mol. The number of para-hydroxylation sites is 1. The van der Waals surface area contributed by atoms with Crippen molar-refractivity contribution in [2.75, 3.05) is 0 Å². The molecule has 0 spiro atoms. The maximum atomic E-state index is 12.3. The van der Waals surface area contributed by atoms with Gasteiger partial charge in [-0.3, -0.25) is 4.79 Å². The highest BCUT2D eigenvalue weighted by atomic mass is 16.3. The zero-order valence-electron chi connectivity index (χ0n) is 10.3. The molecule has 0 aliphatic rings. The van der Waals surface area contributed by atoms with Gasteiger partial charge in [-0.25, -0.2) is 0 Å². The molecule has 2 aromatic rings. The van der Waals surface area contributed by atoms with Crippen LogP contribution in [0, 0.1) is 0 Å². The summed E-state index contributed by atoms with van der Waals surface area (Å²) in [5.41, 5.74) is 0.917. The van der Waals surface area contributed by atoms with E-state index in [4.69, 9.17) is 5.84 Å². The third kappa shape index (κ3) is 1.64. The van der Waals surface area contributed by atoms with Gasteiger partial charge < -0.3 is 15.5 Å². The van der Waals surface area contributed by atoms with Crippen molar-refractivity contribution >= 4 is 16.6 Å². The first-order chi connectivity index (χ1) is 8.61. The van der Waals surface area contributed by atoms with E-state index in [1.54, 1.807) is 23.6 Å². The molecule has 5 heteroatoms. The Balaban J connectivity index is 3.02. The monoisotopic (exact) mass is 245 g/mol. The summed E-state index contributed by atoms with van der Waals surface area (Å²) in [6, 6.07) is 7.21. The lowest BCUT2D eigenvalue weighted by molar-refractivity contribution is 0.477. The second-order valence-corrected chi connectivity index (χ2v) is 4.00. The molecule has 0 aliphatic heterocycles. The molecule has 0 aliphatic carbocycles. The maximum Gasteiger partial charge on any atom is 0.263 e. The summed E-state index contributed by atoms with van der Waals surface area (Å²) in [5, 5.41) is 14.3. The number of fused-ring (bicyclic) bond motifs is 1. The van der Waals surface area contributed by atoms with Gasteiger partial charge in [-0.15, -0.1) is 0 Å². The predicted molar refractivity (Wildman–Crippen MR) is 71.9 cm³/mol. The van der Waals surface area contributed by atoms with E-state index >= 15 is 0 Å². The number of aromatic nitrogens is 1. The SMILES string of the molecule is CCn1c(=O)c(/C(C)=N/N)c(O)c2ccccc21. The van der Waals surface area contributed by atoms with Gasteiger partial charge in [0.1, 0.15) is 11.3 Å². The Kier molecular flexibility index (Phi) is 3.06. The van der Waals surface area contributed by atoms with Gasteiger partial charge in [0, 0.05) is 11.9 Å². The normalized spacial score (nSPS) is 12.0. The van der Waals surface area contributed by atoms with E-state index in [-0.39, 0.29) is 16.9 Å². The van der Waals surface area contributed by atoms with Crippen LogP contribution in [0.1, 0.15) is 19.4 Å². The van der Waals surface area contributed by atoms with E-state index in [1.807, 2.05) is 19.1 Å². The van der Waals surface area contributed by atoms with Crippen molar-refractivity contribution in [3.63, 3.8) is 0 Å². The van der Waals surface area contributed by atoms with Crippen molar-refractivity contribution in [1.82, 2.24) is 4.57 Å². The quantitative estimate of drug-likeness (QED) is 0.477.